The topological polar surface area (TPSA) is 41.6 Å². The summed E-state index contributed by atoms with van der Waals surface area (Å²) in [6, 6.07) is 0.670. The molecule has 3 nitrogen and oxygen atoms in total. The highest BCUT2D eigenvalue weighted by Gasteiger charge is 2.28. The van der Waals surface area contributed by atoms with Crippen molar-refractivity contribution in [1.82, 2.24) is 4.90 Å². The van der Waals surface area contributed by atoms with E-state index >= 15 is 0 Å². The Labute approximate surface area is 129 Å². The van der Waals surface area contributed by atoms with Crippen molar-refractivity contribution in [3.8, 4) is 0 Å². The minimum Gasteiger partial charge on any atom is -0.370 e. The van der Waals surface area contributed by atoms with Gasteiger partial charge in [-0.2, -0.15) is 0 Å². The smallest absolute Gasteiger partial charge is 0.191 e. The molecule has 106 valence electrons. The molecule has 0 aromatic rings. The predicted molar refractivity (Wildman–Crippen MR) is 88.4 cm³/mol. The summed E-state index contributed by atoms with van der Waals surface area (Å²) >= 11 is 0. The Morgan fingerprint density at radius 3 is 2.28 bits per heavy atom. The third-order valence-corrected chi connectivity index (χ3v) is 4.43. The summed E-state index contributed by atoms with van der Waals surface area (Å²) in [4.78, 5) is 6.72. The second-order valence-electron chi connectivity index (χ2n) is 6.65. The van der Waals surface area contributed by atoms with E-state index in [0.29, 0.717) is 11.5 Å². The normalized spacial score (nSPS) is 24.5. The highest BCUT2D eigenvalue weighted by Crippen LogP contribution is 2.38. The van der Waals surface area contributed by atoms with Gasteiger partial charge in [-0.1, -0.05) is 13.8 Å². The van der Waals surface area contributed by atoms with Crippen LogP contribution in [0.2, 0.25) is 0 Å². The molecular weight excluding hydrogens is 337 g/mol. The van der Waals surface area contributed by atoms with Crippen LogP contribution < -0.4 is 5.73 Å². The maximum atomic E-state index is 6.00. The molecule has 2 fully saturated rings. The van der Waals surface area contributed by atoms with Gasteiger partial charge in [-0.25, -0.2) is 0 Å². The number of nitrogens with zero attached hydrogens (tertiary/aromatic N) is 2. The van der Waals surface area contributed by atoms with Crippen LogP contribution in [0.1, 0.15) is 52.4 Å². The molecule has 0 aromatic heterocycles. The fraction of sp³-hybridized carbons (Fsp3) is 0.929. The molecule has 0 atom stereocenters. The summed E-state index contributed by atoms with van der Waals surface area (Å²) in [6.45, 7) is 5.68. The Morgan fingerprint density at radius 2 is 1.78 bits per heavy atom. The van der Waals surface area contributed by atoms with E-state index in [1.165, 1.54) is 38.5 Å². The lowest BCUT2D eigenvalue weighted by molar-refractivity contribution is 0.195. The fourth-order valence-electron chi connectivity index (χ4n) is 2.62. The zero-order valence-corrected chi connectivity index (χ0v) is 14.3. The highest BCUT2D eigenvalue weighted by atomic mass is 127. The number of nitrogens with two attached hydrogens (primary N) is 1. The van der Waals surface area contributed by atoms with Crippen molar-refractivity contribution in [3.05, 3.63) is 0 Å². The molecule has 0 saturated heterocycles. The summed E-state index contributed by atoms with van der Waals surface area (Å²) in [5.74, 6) is 1.51. The number of guanidine groups is 1. The largest absolute Gasteiger partial charge is 0.370 e. The second kappa shape index (κ2) is 6.44. The van der Waals surface area contributed by atoms with Crippen molar-refractivity contribution in [2.75, 3.05) is 13.6 Å². The molecule has 18 heavy (non-hydrogen) atoms. The van der Waals surface area contributed by atoms with Crippen molar-refractivity contribution in [2.24, 2.45) is 22.1 Å². The average Bonchev–Trinajstić information content (AvgIpc) is 3.10. The van der Waals surface area contributed by atoms with E-state index in [0.717, 1.165) is 18.4 Å². The minimum absolute atomic E-state index is 0. The summed E-state index contributed by atoms with van der Waals surface area (Å²) < 4.78 is 0. The Morgan fingerprint density at radius 1 is 1.22 bits per heavy atom. The van der Waals surface area contributed by atoms with Gasteiger partial charge in [0.2, 0.25) is 0 Å². The van der Waals surface area contributed by atoms with Gasteiger partial charge in [0.25, 0.3) is 0 Å². The van der Waals surface area contributed by atoms with Gasteiger partial charge in [0.1, 0.15) is 0 Å². The van der Waals surface area contributed by atoms with Gasteiger partial charge in [-0.3, -0.25) is 4.99 Å². The van der Waals surface area contributed by atoms with Crippen molar-refractivity contribution in [3.63, 3.8) is 0 Å². The average molecular weight is 365 g/mol. The zero-order chi connectivity index (χ0) is 12.5. The molecule has 0 amide bonds. The molecular formula is C14H28IN3. The molecule has 4 heteroatoms. The lowest BCUT2D eigenvalue weighted by Crippen LogP contribution is -2.36. The maximum Gasteiger partial charge on any atom is 0.191 e. The van der Waals surface area contributed by atoms with Crippen LogP contribution in [-0.4, -0.2) is 30.5 Å². The quantitative estimate of drug-likeness (QED) is 0.474. The van der Waals surface area contributed by atoms with Gasteiger partial charge in [-0.15, -0.1) is 24.0 Å². The standard InChI is InChI=1S/C14H27N3.HI/c1-14(2)8-6-11(7-9-14)10-16-13(15)17(3)12-4-5-12;/h11-12H,4-10H2,1-3H3,(H2,15,16);1H. The van der Waals surface area contributed by atoms with Crippen LogP contribution in [0, 0.1) is 11.3 Å². The van der Waals surface area contributed by atoms with E-state index in [4.69, 9.17) is 5.73 Å². The summed E-state index contributed by atoms with van der Waals surface area (Å²) in [6.07, 6.45) is 7.87. The van der Waals surface area contributed by atoms with Crippen molar-refractivity contribution < 1.29 is 0 Å². The number of hydrogen-bond acceptors (Lipinski definition) is 1. The van der Waals surface area contributed by atoms with Crippen LogP contribution in [0.25, 0.3) is 0 Å². The number of aliphatic imine (C=N–C) groups is 1. The SMILES string of the molecule is CN(C(N)=NCC1CCC(C)(C)CC1)C1CC1.I. The molecule has 2 N–H and O–H groups in total. The van der Waals surface area contributed by atoms with E-state index in [9.17, 15) is 0 Å². The molecule has 0 radical (unpaired) electrons. The van der Waals surface area contributed by atoms with Gasteiger partial charge in [0.15, 0.2) is 5.96 Å². The van der Waals surface area contributed by atoms with Crippen LogP contribution in [0.5, 0.6) is 0 Å². The third kappa shape index (κ3) is 4.59. The first kappa shape index (κ1) is 16.1. The lowest BCUT2D eigenvalue weighted by Gasteiger charge is -2.33. The Hall–Kier alpha value is 0. The molecule has 0 bridgehead atoms. The van der Waals surface area contributed by atoms with Crippen LogP contribution in [0.15, 0.2) is 4.99 Å². The van der Waals surface area contributed by atoms with Gasteiger partial charge in [0.05, 0.1) is 0 Å². The summed E-state index contributed by atoms with van der Waals surface area (Å²) in [7, 11) is 2.07. The van der Waals surface area contributed by atoms with Crippen molar-refractivity contribution >= 4 is 29.9 Å². The molecule has 2 rings (SSSR count). The molecule has 2 aliphatic carbocycles. The van der Waals surface area contributed by atoms with E-state index < -0.39 is 0 Å². The Balaban J connectivity index is 0.00000162. The first-order valence-electron chi connectivity index (χ1n) is 7.01. The van der Waals surface area contributed by atoms with E-state index in [2.05, 4.69) is 30.8 Å². The molecule has 2 aliphatic rings. The number of hydrogen-bond donors (Lipinski definition) is 1. The van der Waals surface area contributed by atoms with Crippen LogP contribution in [0.3, 0.4) is 0 Å². The monoisotopic (exact) mass is 365 g/mol. The van der Waals surface area contributed by atoms with E-state index in [1.807, 2.05) is 0 Å². The Bertz CT molecular complexity index is 287. The maximum absolute atomic E-state index is 6.00. The van der Waals surface area contributed by atoms with Crippen LogP contribution in [-0.2, 0) is 0 Å². The number of halogens is 1. The Kier molecular flexibility index (Phi) is 5.74. The van der Waals surface area contributed by atoms with Gasteiger partial charge in [-0.05, 0) is 49.9 Å². The summed E-state index contributed by atoms with van der Waals surface area (Å²) in [5.41, 5.74) is 6.56. The molecule has 0 unspecified atom stereocenters. The third-order valence-electron chi connectivity index (χ3n) is 4.43. The highest BCUT2D eigenvalue weighted by molar-refractivity contribution is 14.0. The van der Waals surface area contributed by atoms with Crippen molar-refractivity contribution in [1.29, 1.82) is 0 Å². The first-order chi connectivity index (χ1) is 7.98. The van der Waals surface area contributed by atoms with E-state index in [-0.39, 0.29) is 24.0 Å². The van der Waals surface area contributed by atoms with Crippen LogP contribution in [0.4, 0.5) is 0 Å². The van der Waals surface area contributed by atoms with Crippen molar-refractivity contribution in [2.45, 2.75) is 58.4 Å². The predicted octanol–water partition coefficient (Wildman–Crippen LogP) is 3.23. The fourth-order valence-corrected chi connectivity index (χ4v) is 2.62. The van der Waals surface area contributed by atoms with Gasteiger partial charge < -0.3 is 10.6 Å². The zero-order valence-electron chi connectivity index (χ0n) is 12.0. The lowest BCUT2D eigenvalue weighted by atomic mass is 9.73. The molecule has 0 spiro atoms. The molecule has 0 aromatic carbocycles. The minimum atomic E-state index is 0. The molecule has 0 heterocycles. The molecule has 0 aliphatic heterocycles. The second-order valence-corrected chi connectivity index (χ2v) is 6.65. The number of rotatable bonds is 3. The van der Waals surface area contributed by atoms with E-state index in [1.54, 1.807) is 0 Å². The summed E-state index contributed by atoms with van der Waals surface area (Å²) in [5, 5.41) is 0. The molecule has 2 saturated carbocycles. The first-order valence-corrected chi connectivity index (χ1v) is 7.01. The van der Waals surface area contributed by atoms with Gasteiger partial charge in [0, 0.05) is 19.6 Å². The van der Waals surface area contributed by atoms with Gasteiger partial charge >= 0.3 is 0 Å². The van der Waals surface area contributed by atoms with Crippen LogP contribution >= 0.6 is 24.0 Å².